The van der Waals surface area contributed by atoms with Gasteiger partial charge in [-0.2, -0.15) is 0 Å². The van der Waals surface area contributed by atoms with Crippen molar-refractivity contribution < 1.29 is 0 Å². The molecule has 2 aliphatic rings. The number of hydrogen-bond acceptors (Lipinski definition) is 2. The summed E-state index contributed by atoms with van der Waals surface area (Å²) in [5, 5.41) is 3.52. The van der Waals surface area contributed by atoms with Crippen LogP contribution in [0.3, 0.4) is 0 Å². The minimum atomic E-state index is 0.889. The predicted molar refractivity (Wildman–Crippen MR) is 69.6 cm³/mol. The highest BCUT2D eigenvalue weighted by Gasteiger charge is 2.30. The third-order valence-corrected chi connectivity index (χ3v) is 3.69. The number of hydrogen-bond donors (Lipinski definition) is 1. The van der Waals surface area contributed by atoms with Crippen molar-refractivity contribution in [3.8, 4) is 0 Å². The molecule has 0 spiro atoms. The SMILES string of the molecule is CC(C)=CCN(CC1CCCNC1)C1CC1. The normalized spacial score (nSPS) is 25.8. The van der Waals surface area contributed by atoms with Gasteiger partial charge in [-0.25, -0.2) is 0 Å². The zero-order valence-corrected chi connectivity index (χ0v) is 10.8. The Bertz CT molecular complexity index is 233. The van der Waals surface area contributed by atoms with Crippen LogP contribution in [0.5, 0.6) is 0 Å². The predicted octanol–water partition coefficient (Wildman–Crippen LogP) is 2.42. The topological polar surface area (TPSA) is 15.3 Å². The van der Waals surface area contributed by atoms with E-state index < -0.39 is 0 Å². The van der Waals surface area contributed by atoms with Crippen molar-refractivity contribution in [2.45, 2.75) is 45.6 Å². The van der Waals surface area contributed by atoms with E-state index in [1.165, 1.54) is 57.4 Å². The molecule has 0 bridgehead atoms. The van der Waals surface area contributed by atoms with Crippen LogP contribution in [-0.2, 0) is 0 Å². The highest BCUT2D eigenvalue weighted by Crippen LogP contribution is 2.28. The first-order valence-corrected chi connectivity index (χ1v) is 6.84. The molecule has 1 atom stereocenters. The standard InChI is InChI=1S/C14H26N2/c1-12(2)7-9-16(14-5-6-14)11-13-4-3-8-15-10-13/h7,13-15H,3-6,8-11H2,1-2H3. The monoisotopic (exact) mass is 222 g/mol. The molecule has 1 aliphatic heterocycles. The van der Waals surface area contributed by atoms with Gasteiger partial charge in [0.2, 0.25) is 0 Å². The molecule has 16 heavy (non-hydrogen) atoms. The minimum Gasteiger partial charge on any atom is -0.316 e. The summed E-state index contributed by atoms with van der Waals surface area (Å²) in [4.78, 5) is 2.70. The van der Waals surface area contributed by atoms with Gasteiger partial charge in [-0.15, -0.1) is 0 Å². The van der Waals surface area contributed by atoms with E-state index in [-0.39, 0.29) is 0 Å². The zero-order chi connectivity index (χ0) is 11.4. The van der Waals surface area contributed by atoms with Crippen molar-refractivity contribution in [2.75, 3.05) is 26.2 Å². The Labute approximate surface area is 100 Å². The molecule has 2 fully saturated rings. The summed E-state index contributed by atoms with van der Waals surface area (Å²) in [6.45, 7) is 9.34. The zero-order valence-electron chi connectivity index (χ0n) is 10.8. The smallest absolute Gasteiger partial charge is 0.0168 e. The lowest BCUT2D eigenvalue weighted by Gasteiger charge is -2.29. The fraction of sp³-hybridized carbons (Fsp3) is 0.857. The number of nitrogens with zero attached hydrogens (tertiary/aromatic N) is 1. The molecule has 0 radical (unpaired) electrons. The van der Waals surface area contributed by atoms with Crippen LogP contribution in [0.25, 0.3) is 0 Å². The lowest BCUT2D eigenvalue weighted by atomic mass is 9.99. The van der Waals surface area contributed by atoms with Crippen LogP contribution in [0.4, 0.5) is 0 Å². The molecule has 2 heteroatoms. The quantitative estimate of drug-likeness (QED) is 0.719. The van der Waals surface area contributed by atoms with Crippen LogP contribution >= 0.6 is 0 Å². The van der Waals surface area contributed by atoms with E-state index in [0.717, 1.165) is 12.0 Å². The van der Waals surface area contributed by atoms with Crippen LogP contribution in [-0.4, -0.2) is 37.1 Å². The Morgan fingerprint density at radius 3 is 2.69 bits per heavy atom. The number of piperidine rings is 1. The maximum Gasteiger partial charge on any atom is 0.0168 e. The van der Waals surface area contributed by atoms with Gasteiger partial charge in [0.25, 0.3) is 0 Å². The summed E-state index contributed by atoms with van der Waals surface area (Å²) < 4.78 is 0. The lowest BCUT2D eigenvalue weighted by Crippen LogP contribution is -2.39. The Morgan fingerprint density at radius 2 is 2.12 bits per heavy atom. The summed E-state index contributed by atoms with van der Waals surface area (Å²) >= 11 is 0. The molecule has 1 unspecified atom stereocenters. The fourth-order valence-electron chi connectivity index (χ4n) is 2.52. The van der Waals surface area contributed by atoms with E-state index in [4.69, 9.17) is 0 Å². The van der Waals surface area contributed by atoms with Crippen molar-refractivity contribution in [3.05, 3.63) is 11.6 Å². The second kappa shape index (κ2) is 5.83. The van der Waals surface area contributed by atoms with Gasteiger partial charge in [0.05, 0.1) is 0 Å². The first-order chi connectivity index (χ1) is 7.75. The van der Waals surface area contributed by atoms with E-state index >= 15 is 0 Å². The largest absolute Gasteiger partial charge is 0.316 e. The molecule has 0 amide bonds. The van der Waals surface area contributed by atoms with Crippen LogP contribution in [0.15, 0.2) is 11.6 Å². The molecule has 1 saturated carbocycles. The van der Waals surface area contributed by atoms with E-state index in [9.17, 15) is 0 Å². The summed E-state index contributed by atoms with van der Waals surface area (Å²) in [5.74, 6) is 0.889. The highest BCUT2D eigenvalue weighted by atomic mass is 15.2. The second-order valence-electron chi connectivity index (χ2n) is 5.68. The van der Waals surface area contributed by atoms with Gasteiger partial charge in [0.15, 0.2) is 0 Å². The second-order valence-corrected chi connectivity index (χ2v) is 5.68. The molecule has 1 heterocycles. The average Bonchev–Trinajstić information content (AvgIpc) is 3.09. The maximum atomic E-state index is 3.52. The van der Waals surface area contributed by atoms with Crippen molar-refractivity contribution in [3.63, 3.8) is 0 Å². The molecule has 2 rings (SSSR count). The highest BCUT2D eigenvalue weighted by molar-refractivity contribution is 4.98. The lowest BCUT2D eigenvalue weighted by molar-refractivity contribution is 0.217. The van der Waals surface area contributed by atoms with Gasteiger partial charge in [-0.05, 0) is 58.5 Å². The van der Waals surface area contributed by atoms with Crippen LogP contribution in [0, 0.1) is 5.92 Å². The molecule has 92 valence electrons. The molecular formula is C14H26N2. The minimum absolute atomic E-state index is 0.889. The Hall–Kier alpha value is -0.340. The molecular weight excluding hydrogens is 196 g/mol. The first kappa shape index (κ1) is 12.1. The summed E-state index contributed by atoms with van der Waals surface area (Å²) in [7, 11) is 0. The Morgan fingerprint density at radius 1 is 1.31 bits per heavy atom. The van der Waals surface area contributed by atoms with Crippen molar-refractivity contribution >= 4 is 0 Å². The van der Waals surface area contributed by atoms with Crippen LogP contribution in [0.1, 0.15) is 39.5 Å². The van der Waals surface area contributed by atoms with Crippen molar-refractivity contribution in [2.24, 2.45) is 5.92 Å². The van der Waals surface area contributed by atoms with E-state index in [1.807, 2.05) is 0 Å². The molecule has 0 aromatic rings. The van der Waals surface area contributed by atoms with Crippen molar-refractivity contribution in [1.82, 2.24) is 10.2 Å². The van der Waals surface area contributed by atoms with Crippen LogP contribution < -0.4 is 5.32 Å². The Balaban J connectivity index is 1.79. The van der Waals surface area contributed by atoms with E-state index in [1.54, 1.807) is 0 Å². The number of nitrogens with one attached hydrogen (secondary N) is 1. The molecule has 0 aromatic carbocycles. The van der Waals surface area contributed by atoms with E-state index in [0.29, 0.717) is 0 Å². The number of rotatable bonds is 5. The molecule has 1 aliphatic carbocycles. The van der Waals surface area contributed by atoms with Gasteiger partial charge < -0.3 is 5.32 Å². The molecule has 2 nitrogen and oxygen atoms in total. The van der Waals surface area contributed by atoms with E-state index in [2.05, 4.69) is 30.1 Å². The van der Waals surface area contributed by atoms with Gasteiger partial charge in [-0.1, -0.05) is 11.6 Å². The third kappa shape index (κ3) is 3.91. The van der Waals surface area contributed by atoms with Gasteiger partial charge >= 0.3 is 0 Å². The number of allylic oxidation sites excluding steroid dienone is 1. The summed E-state index contributed by atoms with van der Waals surface area (Å²) in [6.07, 6.45) is 8.03. The average molecular weight is 222 g/mol. The van der Waals surface area contributed by atoms with Crippen LogP contribution in [0.2, 0.25) is 0 Å². The Kier molecular flexibility index (Phi) is 4.42. The van der Waals surface area contributed by atoms with Gasteiger partial charge in [-0.3, -0.25) is 4.90 Å². The summed E-state index contributed by atoms with van der Waals surface area (Å²) in [6, 6.07) is 0.900. The molecule has 1 saturated heterocycles. The third-order valence-electron chi connectivity index (χ3n) is 3.69. The van der Waals surface area contributed by atoms with Crippen molar-refractivity contribution in [1.29, 1.82) is 0 Å². The fourth-order valence-corrected chi connectivity index (χ4v) is 2.52. The molecule has 1 N–H and O–H groups in total. The van der Waals surface area contributed by atoms with Gasteiger partial charge in [0.1, 0.15) is 0 Å². The van der Waals surface area contributed by atoms with Gasteiger partial charge in [0, 0.05) is 19.1 Å². The maximum absolute atomic E-state index is 3.52. The summed E-state index contributed by atoms with van der Waals surface area (Å²) in [5.41, 5.74) is 1.45. The first-order valence-electron chi connectivity index (χ1n) is 6.84. The molecule has 0 aromatic heterocycles.